The molecule has 0 spiro atoms. The number of imidazole rings is 1. The summed E-state index contributed by atoms with van der Waals surface area (Å²) in [5, 5.41) is 6.15. The van der Waals surface area contributed by atoms with E-state index in [2.05, 4.69) is 15.6 Å². The Morgan fingerprint density at radius 1 is 1.36 bits per heavy atom. The molecule has 1 fully saturated rings. The summed E-state index contributed by atoms with van der Waals surface area (Å²) in [6.07, 6.45) is 7.12. The van der Waals surface area contributed by atoms with E-state index in [0.717, 1.165) is 31.6 Å². The van der Waals surface area contributed by atoms with Gasteiger partial charge in [-0.1, -0.05) is 12.1 Å². The largest absolute Gasteiger partial charge is 0.427 e. The van der Waals surface area contributed by atoms with Crippen LogP contribution in [-0.2, 0) is 0 Å². The van der Waals surface area contributed by atoms with Gasteiger partial charge in [0.2, 0.25) is 0 Å². The van der Waals surface area contributed by atoms with Gasteiger partial charge in [0.15, 0.2) is 0 Å². The quantitative estimate of drug-likeness (QED) is 0.729. The Morgan fingerprint density at radius 3 is 2.93 bits per heavy atom. The maximum absolute atomic E-state index is 12.9. The molecule has 28 heavy (non-hydrogen) atoms. The van der Waals surface area contributed by atoms with Gasteiger partial charge in [-0.3, -0.25) is 4.79 Å². The second-order valence-corrected chi connectivity index (χ2v) is 6.98. The lowest BCUT2D eigenvalue weighted by Crippen LogP contribution is -2.30. The van der Waals surface area contributed by atoms with Crippen LogP contribution in [0, 0.1) is 6.92 Å². The summed E-state index contributed by atoms with van der Waals surface area (Å²) in [5.74, 6) is 0.330. The van der Waals surface area contributed by atoms with E-state index >= 15 is 0 Å². The molecule has 2 aromatic heterocycles. The first-order chi connectivity index (χ1) is 13.6. The molecular formula is C21H22N4O3. The van der Waals surface area contributed by atoms with Crippen molar-refractivity contribution in [1.29, 1.82) is 0 Å². The average molecular weight is 378 g/mol. The van der Waals surface area contributed by atoms with Gasteiger partial charge in [-0.15, -0.1) is 0 Å². The first-order valence-corrected chi connectivity index (χ1v) is 9.37. The van der Waals surface area contributed by atoms with Crippen LogP contribution in [0.15, 0.2) is 58.3 Å². The van der Waals surface area contributed by atoms with Crippen LogP contribution in [0.5, 0.6) is 0 Å². The van der Waals surface area contributed by atoms with Crippen molar-refractivity contribution >= 4 is 11.6 Å². The number of piperidine rings is 1. The molecule has 7 heteroatoms. The van der Waals surface area contributed by atoms with E-state index in [9.17, 15) is 9.59 Å². The number of amides is 1. The lowest BCUT2D eigenvalue weighted by Gasteiger charge is -2.22. The van der Waals surface area contributed by atoms with Gasteiger partial charge in [0.1, 0.15) is 11.3 Å². The molecule has 3 heterocycles. The van der Waals surface area contributed by atoms with Gasteiger partial charge in [0.25, 0.3) is 5.91 Å². The highest BCUT2D eigenvalue weighted by molar-refractivity contribution is 6.05. The molecule has 7 nitrogen and oxygen atoms in total. The number of hydrogen-bond donors (Lipinski definition) is 2. The van der Waals surface area contributed by atoms with Gasteiger partial charge in [-0.2, -0.15) is 0 Å². The lowest BCUT2D eigenvalue weighted by molar-refractivity contribution is 0.102. The molecule has 1 saturated heterocycles. The maximum atomic E-state index is 12.9. The first-order valence-electron chi connectivity index (χ1n) is 9.37. The van der Waals surface area contributed by atoms with E-state index in [4.69, 9.17) is 4.42 Å². The van der Waals surface area contributed by atoms with Crippen molar-refractivity contribution in [2.24, 2.45) is 0 Å². The molecule has 1 aromatic carbocycles. The zero-order valence-corrected chi connectivity index (χ0v) is 15.6. The summed E-state index contributed by atoms with van der Waals surface area (Å²) < 4.78 is 7.31. The standard InChI is InChI=1S/C21H22N4O3/c1-14-11-18(15-5-4-8-22-12-15)28-21(27)19(14)20(26)24-16-6-2-3-7-17(16)25-10-9-23-13-25/h2-3,6-7,9-11,13,15,22H,4-5,8,12H2,1H3,(H,24,26). The van der Waals surface area contributed by atoms with Crippen LogP contribution in [0.2, 0.25) is 0 Å². The van der Waals surface area contributed by atoms with E-state index in [0.29, 0.717) is 17.0 Å². The summed E-state index contributed by atoms with van der Waals surface area (Å²) >= 11 is 0. The number of carbonyl (C=O) groups excluding carboxylic acids is 1. The molecule has 3 aromatic rings. The van der Waals surface area contributed by atoms with Gasteiger partial charge in [-0.25, -0.2) is 9.78 Å². The molecule has 144 valence electrons. The molecule has 0 aliphatic carbocycles. The number of para-hydroxylation sites is 2. The monoisotopic (exact) mass is 378 g/mol. The Balaban J connectivity index is 1.62. The zero-order chi connectivity index (χ0) is 19.5. The van der Waals surface area contributed by atoms with Crippen molar-refractivity contribution in [2.45, 2.75) is 25.7 Å². The molecule has 1 aliphatic rings. The van der Waals surface area contributed by atoms with Crippen molar-refractivity contribution in [3.8, 4) is 5.69 Å². The minimum atomic E-state index is -0.599. The molecule has 4 rings (SSSR count). The summed E-state index contributed by atoms with van der Waals surface area (Å²) in [7, 11) is 0. The molecule has 0 radical (unpaired) electrons. The Labute approximate surface area is 162 Å². The van der Waals surface area contributed by atoms with Gasteiger partial charge in [0.05, 0.1) is 17.7 Å². The SMILES string of the molecule is Cc1cc(C2CCCNC2)oc(=O)c1C(=O)Nc1ccccc1-n1ccnc1. The Bertz CT molecular complexity index is 1030. The molecular weight excluding hydrogens is 356 g/mol. The van der Waals surface area contributed by atoms with Crippen LogP contribution in [-0.4, -0.2) is 28.5 Å². The summed E-state index contributed by atoms with van der Waals surface area (Å²) in [6, 6.07) is 9.16. The summed E-state index contributed by atoms with van der Waals surface area (Å²) in [4.78, 5) is 29.5. The minimum absolute atomic E-state index is 0.0351. The Morgan fingerprint density at radius 2 is 2.21 bits per heavy atom. The highest BCUT2D eigenvalue weighted by Crippen LogP contribution is 2.24. The van der Waals surface area contributed by atoms with Crippen molar-refractivity contribution in [3.05, 3.63) is 76.4 Å². The number of nitrogens with one attached hydrogen (secondary N) is 2. The lowest BCUT2D eigenvalue weighted by atomic mass is 9.95. The molecule has 1 amide bonds. The van der Waals surface area contributed by atoms with Gasteiger partial charge < -0.3 is 19.6 Å². The number of benzene rings is 1. The maximum Gasteiger partial charge on any atom is 0.349 e. The van der Waals surface area contributed by atoms with Crippen LogP contribution < -0.4 is 16.3 Å². The number of nitrogens with zero attached hydrogens (tertiary/aromatic N) is 2. The number of aryl methyl sites for hydroxylation is 1. The highest BCUT2D eigenvalue weighted by atomic mass is 16.4. The predicted octanol–water partition coefficient (Wildman–Crippen LogP) is 2.85. The molecule has 2 N–H and O–H groups in total. The number of anilines is 1. The third-order valence-electron chi connectivity index (χ3n) is 5.03. The highest BCUT2D eigenvalue weighted by Gasteiger charge is 2.23. The molecule has 1 atom stereocenters. The molecule has 1 aliphatic heterocycles. The van der Waals surface area contributed by atoms with E-state index in [1.54, 1.807) is 36.3 Å². The third-order valence-corrected chi connectivity index (χ3v) is 5.03. The first kappa shape index (κ1) is 18.2. The van der Waals surface area contributed by atoms with Gasteiger partial charge in [0, 0.05) is 24.9 Å². The Hall–Kier alpha value is -3.19. The zero-order valence-electron chi connectivity index (χ0n) is 15.6. The van der Waals surface area contributed by atoms with Crippen molar-refractivity contribution in [2.75, 3.05) is 18.4 Å². The van der Waals surface area contributed by atoms with Gasteiger partial charge in [-0.05, 0) is 50.1 Å². The van der Waals surface area contributed by atoms with Gasteiger partial charge >= 0.3 is 5.63 Å². The summed E-state index contributed by atoms with van der Waals surface area (Å²) in [5.41, 5.74) is 1.41. The number of aromatic nitrogens is 2. The van der Waals surface area contributed by atoms with Crippen LogP contribution in [0.25, 0.3) is 5.69 Å². The topological polar surface area (TPSA) is 89.2 Å². The van der Waals surface area contributed by atoms with Crippen LogP contribution >= 0.6 is 0 Å². The second kappa shape index (κ2) is 7.82. The minimum Gasteiger partial charge on any atom is -0.427 e. The summed E-state index contributed by atoms with van der Waals surface area (Å²) in [6.45, 7) is 3.54. The fraction of sp³-hybridized carbons (Fsp3) is 0.286. The van der Waals surface area contributed by atoms with Crippen LogP contribution in [0.3, 0.4) is 0 Å². The molecule has 0 bridgehead atoms. The van der Waals surface area contributed by atoms with Crippen LogP contribution in [0.1, 0.15) is 40.4 Å². The fourth-order valence-electron chi connectivity index (χ4n) is 3.59. The van der Waals surface area contributed by atoms with Crippen molar-refractivity contribution in [3.63, 3.8) is 0 Å². The van der Waals surface area contributed by atoms with E-state index in [1.807, 2.05) is 24.3 Å². The Kier molecular flexibility index (Phi) is 5.08. The second-order valence-electron chi connectivity index (χ2n) is 6.98. The fourth-order valence-corrected chi connectivity index (χ4v) is 3.59. The van der Waals surface area contributed by atoms with E-state index < -0.39 is 11.5 Å². The third kappa shape index (κ3) is 3.61. The average Bonchev–Trinajstić information content (AvgIpc) is 3.23. The number of carbonyl (C=O) groups is 1. The smallest absolute Gasteiger partial charge is 0.349 e. The van der Waals surface area contributed by atoms with E-state index in [1.165, 1.54) is 0 Å². The number of hydrogen-bond acceptors (Lipinski definition) is 5. The molecule has 0 saturated carbocycles. The molecule has 1 unspecified atom stereocenters. The van der Waals surface area contributed by atoms with E-state index in [-0.39, 0.29) is 11.5 Å². The number of rotatable bonds is 4. The van der Waals surface area contributed by atoms with Crippen molar-refractivity contribution < 1.29 is 9.21 Å². The normalized spacial score (nSPS) is 16.7. The predicted molar refractivity (Wildman–Crippen MR) is 106 cm³/mol. The van der Waals surface area contributed by atoms with Crippen molar-refractivity contribution in [1.82, 2.24) is 14.9 Å². The van der Waals surface area contributed by atoms with Crippen LogP contribution in [0.4, 0.5) is 5.69 Å².